The molecule has 20 heavy (non-hydrogen) atoms. The molecule has 3 N–H and O–H groups in total. The average molecular weight is 330 g/mol. The molecular weight excluding hydrogens is 319 g/mol. The lowest BCUT2D eigenvalue weighted by atomic mass is 10.2. The van der Waals surface area contributed by atoms with Crippen molar-refractivity contribution in [3.63, 3.8) is 0 Å². The first-order valence-corrected chi connectivity index (χ1v) is 6.81. The van der Waals surface area contributed by atoms with Gasteiger partial charge in [-0.3, -0.25) is 5.41 Å². The van der Waals surface area contributed by atoms with Crippen LogP contribution in [0.1, 0.15) is 11.1 Å². The van der Waals surface area contributed by atoms with Crippen molar-refractivity contribution in [3.05, 3.63) is 62.6 Å². The summed E-state index contributed by atoms with van der Waals surface area (Å²) in [4.78, 5) is 0. The molecule has 6 heteroatoms. The van der Waals surface area contributed by atoms with Gasteiger partial charge in [0.15, 0.2) is 0 Å². The number of nitrogens with one attached hydrogen (secondary N) is 1. The Hall–Kier alpha value is -1.42. The largest absolute Gasteiger partial charge is 0.487 e. The van der Waals surface area contributed by atoms with Gasteiger partial charge in [0.1, 0.15) is 18.2 Å². The molecule has 0 atom stereocenters. The van der Waals surface area contributed by atoms with E-state index in [1.165, 1.54) is 0 Å². The van der Waals surface area contributed by atoms with Gasteiger partial charge in [-0.2, -0.15) is 0 Å². The Morgan fingerprint density at radius 1 is 1.00 bits per heavy atom. The maximum absolute atomic E-state index is 7.33. The third-order valence-corrected chi connectivity index (χ3v) is 3.66. The Kier molecular flexibility index (Phi) is 4.76. The van der Waals surface area contributed by atoms with Gasteiger partial charge in [-0.25, -0.2) is 0 Å². The summed E-state index contributed by atoms with van der Waals surface area (Å²) in [5, 5.41) is 8.71. The number of nitrogens with two attached hydrogens (primary N) is 1. The number of halogens is 3. The first-order chi connectivity index (χ1) is 9.47. The monoisotopic (exact) mass is 328 g/mol. The van der Waals surface area contributed by atoms with Crippen molar-refractivity contribution < 1.29 is 4.74 Å². The number of hydrogen-bond donors (Lipinski definition) is 2. The number of benzene rings is 2. The molecule has 0 aromatic heterocycles. The van der Waals surface area contributed by atoms with Crippen LogP contribution < -0.4 is 10.5 Å². The molecule has 2 aromatic carbocycles. The van der Waals surface area contributed by atoms with Gasteiger partial charge in [0.2, 0.25) is 0 Å². The average Bonchev–Trinajstić information content (AvgIpc) is 2.41. The minimum absolute atomic E-state index is 0.0390. The molecule has 0 heterocycles. The molecule has 0 saturated carbocycles. The molecule has 2 aromatic rings. The summed E-state index contributed by atoms with van der Waals surface area (Å²) >= 11 is 17.8. The van der Waals surface area contributed by atoms with Crippen LogP contribution >= 0.6 is 34.8 Å². The second-order valence-electron chi connectivity index (χ2n) is 4.10. The predicted octanol–water partition coefficient (Wildman–Crippen LogP) is 4.51. The van der Waals surface area contributed by atoms with E-state index >= 15 is 0 Å². The Morgan fingerprint density at radius 3 is 2.35 bits per heavy atom. The maximum Gasteiger partial charge on any atom is 0.138 e. The van der Waals surface area contributed by atoms with E-state index in [-0.39, 0.29) is 5.84 Å². The number of nitrogen functional groups attached to an aromatic ring is 1. The first-order valence-electron chi connectivity index (χ1n) is 5.68. The highest BCUT2D eigenvalue weighted by molar-refractivity contribution is 6.42. The molecular formula is C14H11Cl3N2O. The number of ether oxygens (including phenoxy) is 1. The molecule has 3 nitrogen and oxygen atoms in total. The van der Waals surface area contributed by atoms with Crippen molar-refractivity contribution in [3.8, 4) is 5.75 Å². The lowest BCUT2D eigenvalue weighted by Crippen LogP contribution is -2.10. The molecule has 0 aliphatic carbocycles. The molecule has 0 aliphatic rings. The van der Waals surface area contributed by atoms with Gasteiger partial charge >= 0.3 is 0 Å². The normalized spacial score (nSPS) is 10.3. The van der Waals surface area contributed by atoms with Crippen LogP contribution in [0, 0.1) is 5.41 Å². The van der Waals surface area contributed by atoms with E-state index in [1.807, 2.05) is 6.07 Å². The molecule has 0 radical (unpaired) electrons. The topological polar surface area (TPSA) is 59.1 Å². The highest BCUT2D eigenvalue weighted by atomic mass is 35.5. The Balaban J connectivity index is 2.10. The van der Waals surface area contributed by atoms with Crippen molar-refractivity contribution in [1.82, 2.24) is 0 Å². The fourth-order valence-electron chi connectivity index (χ4n) is 1.58. The third kappa shape index (κ3) is 3.57. The molecule has 0 fully saturated rings. The standard InChI is InChI=1S/C14H11Cl3N2O/c15-10-3-1-8(5-11(10)16)7-20-13-4-2-9(14(18)19)6-12(13)17/h1-6H,7H2,(H3,18,19). The molecule has 0 spiro atoms. The van der Waals surface area contributed by atoms with Gasteiger partial charge in [0.25, 0.3) is 0 Å². The van der Waals surface area contributed by atoms with Crippen LogP contribution in [0.5, 0.6) is 5.75 Å². The summed E-state index contributed by atoms with van der Waals surface area (Å²) in [6, 6.07) is 10.2. The van der Waals surface area contributed by atoms with E-state index in [9.17, 15) is 0 Å². The zero-order valence-electron chi connectivity index (χ0n) is 10.3. The van der Waals surface area contributed by atoms with Crippen molar-refractivity contribution in [2.24, 2.45) is 5.73 Å². The molecule has 0 unspecified atom stereocenters. The van der Waals surface area contributed by atoms with E-state index in [1.54, 1.807) is 30.3 Å². The van der Waals surface area contributed by atoms with E-state index in [2.05, 4.69) is 0 Å². The highest BCUT2D eigenvalue weighted by Gasteiger charge is 2.06. The van der Waals surface area contributed by atoms with Crippen molar-refractivity contribution in [2.45, 2.75) is 6.61 Å². The Bertz CT molecular complexity index is 659. The Labute approximate surface area is 131 Å². The summed E-state index contributed by atoms with van der Waals surface area (Å²) in [5.74, 6) is 0.477. The molecule has 0 aliphatic heterocycles. The summed E-state index contributed by atoms with van der Waals surface area (Å²) < 4.78 is 5.61. The third-order valence-electron chi connectivity index (χ3n) is 2.62. The fraction of sp³-hybridized carbons (Fsp3) is 0.0714. The van der Waals surface area contributed by atoms with Crippen LogP contribution in [-0.4, -0.2) is 5.84 Å². The van der Waals surface area contributed by atoms with Gasteiger partial charge in [0, 0.05) is 5.56 Å². The molecule has 104 valence electrons. The first kappa shape index (κ1) is 15.0. The van der Waals surface area contributed by atoms with Gasteiger partial charge in [-0.05, 0) is 35.9 Å². The smallest absolute Gasteiger partial charge is 0.138 e. The van der Waals surface area contributed by atoms with E-state index < -0.39 is 0 Å². The van der Waals surface area contributed by atoms with Crippen LogP contribution in [0.2, 0.25) is 15.1 Å². The SMILES string of the molecule is N=C(N)c1ccc(OCc2ccc(Cl)c(Cl)c2)c(Cl)c1. The minimum atomic E-state index is -0.0390. The summed E-state index contributed by atoms with van der Waals surface area (Å²) in [6.07, 6.45) is 0. The second kappa shape index (κ2) is 6.35. The van der Waals surface area contributed by atoms with Crippen LogP contribution in [0.4, 0.5) is 0 Å². The summed E-state index contributed by atoms with van der Waals surface area (Å²) in [7, 11) is 0. The second-order valence-corrected chi connectivity index (χ2v) is 5.32. The van der Waals surface area contributed by atoms with E-state index in [4.69, 9.17) is 50.7 Å². The number of rotatable bonds is 4. The molecule has 2 rings (SSSR count). The number of amidine groups is 1. The molecule has 0 saturated heterocycles. The van der Waals surface area contributed by atoms with Crippen LogP contribution in [-0.2, 0) is 6.61 Å². The Morgan fingerprint density at radius 2 is 1.75 bits per heavy atom. The van der Waals surface area contributed by atoms with Crippen molar-refractivity contribution >= 4 is 40.6 Å². The van der Waals surface area contributed by atoms with Crippen LogP contribution in [0.3, 0.4) is 0 Å². The lowest BCUT2D eigenvalue weighted by molar-refractivity contribution is 0.306. The minimum Gasteiger partial charge on any atom is -0.487 e. The zero-order chi connectivity index (χ0) is 14.7. The molecule has 0 amide bonds. The number of hydrogen-bond acceptors (Lipinski definition) is 2. The highest BCUT2D eigenvalue weighted by Crippen LogP contribution is 2.27. The van der Waals surface area contributed by atoms with E-state index in [0.29, 0.717) is 33.0 Å². The summed E-state index contributed by atoms with van der Waals surface area (Å²) in [5.41, 5.74) is 6.82. The predicted molar refractivity (Wildman–Crippen MR) is 83.3 cm³/mol. The van der Waals surface area contributed by atoms with Crippen LogP contribution in [0.15, 0.2) is 36.4 Å². The van der Waals surface area contributed by atoms with Crippen molar-refractivity contribution in [2.75, 3.05) is 0 Å². The quantitative estimate of drug-likeness (QED) is 0.640. The van der Waals surface area contributed by atoms with Gasteiger partial charge in [0.05, 0.1) is 15.1 Å². The van der Waals surface area contributed by atoms with Gasteiger partial charge in [-0.1, -0.05) is 40.9 Å². The fourth-order valence-corrected chi connectivity index (χ4v) is 2.13. The maximum atomic E-state index is 7.33. The lowest BCUT2D eigenvalue weighted by Gasteiger charge is -2.10. The van der Waals surface area contributed by atoms with Gasteiger partial charge < -0.3 is 10.5 Å². The van der Waals surface area contributed by atoms with Crippen LogP contribution in [0.25, 0.3) is 0 Å². The van der Waals surface area contributed by atoms with E-state index in [0.717, 1.165) is 5.56 Å². The summed E-state index contributed by atoms with van der Waals surface area (Å²) in [6.45, 7) is 0.316. The van der Waals surface area contributed by atoms with Crippen molar-refractivity contribution in [1.29, 1.82) is 5.41 Å². The zero-order valence-corrected chi connectivity index (χ0v) is 12.6. The molecule has 0 bridgehead atoms. The van der Waals surface area contributed by atoms with Gasteiger partial charge in [-0.15, -0.1) is 0 Å².